The molecule has 0 aromatic heterocycles. The van der Waals surface area contributed by atoms with E-state index in [0.29, 0.717) is 0 Å². The summed E-state index contributed by atoms with van der Waals surface area (Å²) < 4.78 is 16.4. The van der Waals surface area contributed by atoms with Crippen molar-refractivity contribution in [1.29, 1.82) is 0 Å². The summed E-state index contributed by atoms with van der Waals surface area (Å²) in [5, 5.41) is 8.12. The maximum Gasteiger partial charge on any atom is 0.511 e. The van der Waals surface area contributed by atoms with E-state index in [-0.39, 0.29) is 5.75 Å². The number of hydrogen-bond acceptors (Lipinski definition) is 2. The molecule has 2 fully saturated rings. The molecule has 0 heterocycles. The first-order valence-electron chi connectivity index (χ1n) is 11.2. The molecule has 158 valence electrons. The van der Waals surface area contributed by atoms with Gasteiger partial charge in [0.15, 0.2) is 0 Å². The Morgan fingerprint density at radius 2 is 1.57 bits per heavy atom. The van der Waals surface area contributed by atoms with E-state index in [1.165, 1.54) is 57.1 Å². The summed E-state index contributed by atoms with van der Waals surface area (Å²) in [7, 11) is 0. The molecular weight excluding hydrogens is 355 g/mol. The van der Waals surface area contributed by atoms with Crippen LogP contribution in [0.5, 0.6) is 5.75 Å². The number of unbranched alkanes of at least 4 members (excludes halogenated alkanes) is 2. The van der Waals surface area contributed by atoms with E-state index in [0.717, 1.165) is 29.9 Å². The molecule has 4 heteroatoms. The molecule has 28 heavy (non-hydrogen) atoms. The first kappa shape index (κ1) is 22.7. The van der Waals surface area contributed by atoms with E-state index in [4.69, 9.17) is 5.11 Å². The second-order valence-corrected chi connectivity index (χ2v) is 8.50. The normalized spacial score (nSPS) is 22.8. The SMILES string of the molecule is CCCCC[C@H]1CC[C@H](C2CCCCC2)CC1.O=C(O)Oc1ccc(F)cc1. The van der Waals surface area contributed by atoms with Gasteiger partial charge in [-0.05, 0) is 54.9 Å². The van der Waals surface area contributed by atoms with Gasteiger partial charge >= 0.3 is 6.16 Å². The van der Waals surface area contributed by atoms with Crippen molar-refractivity contribution in [3.05, 3.63) is 30.1 Å². The molecule has 3 nitrogen and oxygen atoms in total. The van der Waals surface area contributed by atoms with Gasteiger partial charge in [0.1, 0.15) is 11.6 Å². The molecule has 1 aromatic rings. The van der Waals surface area contributed by atoms with Crippen LogP contribution < -0.4 is 4.74 Å². The van der Waals surface area contributed by atoms with E-state index < -0.39 is 12.0 Å². The third-order valence-corrected chi connectivity index (χ3v) is 6.44. The summed E-state index contributed by atoms with van der Waals surface area (Å²) in [6.07, 6.45) is 18.4. The monoisotopic (exact) mass is 392 g/mol. The summed E-state index contributed by atoms with van der Waals surface area (Å²) in [6.45, 7) is 2.32. The van der Waals surface area contributed by atoms with E-state index >= 15 is 0 Å². The van der Waals surface area contributed by atoms with Crippen LogP contribution in [0.2, 0.25) is 0 Å². The van der Waals surface area contributed by atoms with E-state index in [9.17, 15) is 9.18 Å². The lowest BCUT2D eigenvalue weighted by molar-refractivity contribution is 0.144. The zero-order valence-corrected chi connectivity index (χ0v) is 17.4. The Labute approximate surface area is 169 Å². The lowest BCUT2D eigenvalue weighted by Crippen LogP contribution is -2.23. The van der Waals surface area contributed by atoms with Crippen molar-refractivity contribution in [2.24, 2.45) is 17.8 Å². The van der Waals surface area contributed by atoms with Gasteiger partial charge in [-0.15, -0.1) is 0 Å². The molecule has 3 rings (SSSR count). The number of carboxylic acid groups (broad SMARTS) is 1. The van der Waals surface area contributed by atoms with Gasteiger partial charge < -0.3 is 9.84 Å². The number of hydrogen-bond donors (Lipinski definition) is 1. The summed E-state index contributed by atoms with van der Waals surface area (Å²) in [5.41, 5.74) is 0. The van der Waals surface area contributed by atoms with Crippen molar-refractivity contribution in [3.63, 3.8) is 0 Å². The minimum Gasteiger partial charge on any atom is -0.449 e. The molecule has 0 atom stereocenters. The summed E-state index contributed by atoms with van der Waals surface area (Å²) in [4.78, 5) is 9.94. The maximum absolute atomic E-state index is 12.2. The van der Waals surface area contributed by atoms with E-state index in [1.807, 2.05) is 0 Å². The molecule has 1 aromatic carbocycles. The second-order valence-electron chi connectivity index (χ2n) is 8.50. The summed E-state index contributed by atoms with van der Waals surface area (Å²) >= 11 is 0. The highest BCUT2D eigenvalue weighted by molar-refractivity contribution is 5.60. The number of benzene rings is 1. The number of halogens is 1. The Hall–Kier alpha value is -1.58. The molecule has 0 amide bonds. The number of ether oxygens (including phenoxy) is 1. The standard InChI is InChI=1S/C17H32.C7H5FO3/c1-2-3-5-8-15-11-13-17(14-12-15)16-9-6-4-7-10-16;8-5-1-3-6(4-2-5)11-7(9)10/h15-17H,2-14H2,1H3;1-4H,(H,9,10)/t15-,17-;. The predicted octanol–water partition coefficient (Wildman–Crippen LogP) is 7.84. The zero-order chi connectivity index (χ0) is 20.2. The van der Waals surface area contributed by atoms with Gasteiger partial charge in [-0.25, -0.2) is 9.18 Å². The van der Waals surface area contributed by atoms with Gasteiger partial charge in [-0.1, -0.05) is 77.6 Å². The Balaban J connectivity index is 0.000000221. The smallest absolute Gasteiger partial charge is 0.449 e. The van der Waals surface area contributed by atoms with Crippen LogP contribution in [0.1, 0.15) is 90.4 Å². The van der Waals surface area contributed by atoms with Gasteiger partial charge in [-0.3, -0.25) is 0 Å². The summed E-state index contributed by atoms with van der Waals surface area (Å²) in [6, 6.07) is 4.73. The fourth-order valence-corrected chi connectivity index (χ4v) is 4.84. The highest BCUT2D eigenvalue weighted by Gasteiger charge is 2.28. The summed E-state index contributed by atoms with van der Waals surface area (Å²) in [5.74, 6) is 3.03. The molecule has 0 aliphatic heterocycles. The van der Waals surface area contributed by atoms with Crippen molar-refractivity contribution in [2.75, 3.05) is 0 Å². The van der Waals surface area contributed by atoms with Gasteiger partial charge in [0, 0.05) is 0 Å². The lowest BCUT2D eigenvalue weighted by Gasteiger charge is -2.36. The molecule has 0 spiro atoms. The van der Waals surface area contributed by atoms with Crippen molar-refractivity contribution < 1.29 is 19.0 Å². The first-order chi connectivity index (χ1) is 13.6. The topological polar surface area (TPSA) is 46.5 Å². The second kappa shape index (κ2) is 12.8. The number of rotatable bonds is 6. The van der Waals surface area contributed by atoms with Gasteiger partial charge in [-0.2, -0.15) is 0 Å². The highest BCUT2D eigenvalue weighted by Crippen LogP contribution is 2.40. The molecule has 0 unspecified atom stereocenters. The minimum absolute atomic E-state index is 0.110. The van der Waals surface area contributed by atoms with Crippen LogP contribution in [0.4, 0.5) is 9.18 Å². The largest absolute Gasteiger partial charge is 0.511 e. The fourth-order valence-electron chi connectivity index (χ4n) is 4.84. The van der Waals surface area contributed by atoms with Gasteiger partial charge in [0.25, 0.3) is 0 Å². The highest BCUT2D eigenvalue weighted by atomic mass is 19.1. The van der Waals surface area contributed by atoms with Crippen LogP contribution in [-0.4, -0.2) is 11.3 Å². The quantitative estimate of drug-likeness (QED) is 0.305. The van der Waals surface area contributed by atoms with E-state index in [2.05, 4.69) is 11.7 Å². The average Bonchev–Trinajstić information content (AvgIpc) is 2.71. The first-order valence-corrected chi connectivity index (χ1v) is 11.2. The predicted molar refractivity (Wildman–Crippen MR) is 111 cm³/mol. The van der Waals surface area contributed by atoms with Crippen molar-refractivity contribution in [2.45, 2.75) is 90.4 Å². The average molecular weight is 393 g/mol. The van der Waals surface area contributed by atoms with Crippen LogP contribution >= 0.6 is 0 Å². The third-order valence-electron chi connectivity index (χ3n) is 6.44. The van der Waals surface area contributed by atoms with Gasteiger partial charge in [0.2, 0.25) is 0 Å². The Kier molecular flexibility index (Phi) is 10.4. The molecular formula is C24H37FO3. The zero-order valence-electron chi connectivity index (χ0n) is 17.4. The van der Waals surface area contributed by atoms with Crippen molar-refractivity contribution in [1.82, 2.24) is 0 Å². The number of carbonyl (C=O) groups is 1. The van der Waals surface area contributed by atoms with Crippen LogP contribution in [0, 0.1) is 23.6 Å². The van der Waals surface area contributed by atoms with Crippen molar-refractivity contribution >= 4 is 6.16 Å². The third kappa shape index (κ3) is 8.62. The van der Waals surface area contributed by atoms with Crippen LogP contribution in [-0.2, 0) is 0 Å². The molecule has 1 N–H and O–H groups in total. The van der Waals surface area contributed by atoms with Crippen LogP contribution in [0.3, 0.4) is 0 Å². The van der Waals surface area contributed by atoms with Crippen LogP contribution in [0.25, 0.3) is 0 Å². The Morgan fingerprint density at radius 1 is 0.964 bits per heavy atom. The Morgan fingerprint density at radius 3 is 2.14 bits per heavy atom. The van der Waals surface area contributed by atoms with Gasteiger partial charge in [0.05, 0.1) is 0 Å². The molecule has 0 radical (unpaired) electrons. The minimum atomic E-state index is -1.41. The van der Waals surface area contributed by atoms with E-state index in [1.54, 1.807) is 38.5 Å². The van der Waals surface area contributed by atoms with Crippen LogP contribution in [0.15, 0.2) is 24.3 Å². The molecule has 2 saturated carbocycles. The Bertz CT molecular complexity index is 543. The molecule has 0 bridgehead atoms. The van der Waals surface area contributed by atoms with Crippen molar-refractivity contribution in [3.8, 4) is 5.75 Å². The molecule has 2 aliphatic carbocycles. The lowest BCUT2D eigenvalue weighted by atomic mass is 9.70. The maximum atomic E-state index is 12.2. The molecule has 2 aliphatic rings. The fraction of sp³-hybridized carbons (Fsp3) is 0.708. The molecule has 0 saturated heterocycles.